The quantitative estimate of drug-likeness (QED) is 0.0310. The molecule has 0 radical (unpaired) electrons. The Balaban J connectivity index is 3.72. The predicted octanol–water partition coefficient (Wildman–Crippen LogP) is 11.5. The first-order chi connectivity index (χ1) is 25.8. The summed E-state index contributed by atoms with van der Waals surface area (Å²) in [5.41, 5.74) is 0. The third kappa shape index (κ3) is 37.7. The minimum Gasteiger partial charge on any atom is -0.457 e. The van der Waals surface area contributed by atoms with Gasteiger partial charge in [-0.3, -0.25) is 18.6 Å². The van der Waals surface area contributed by atoms with Crippen LogP contribution in [0.3, 0.4) is 0 Å². The fourth-order valence-electron chi connectivity index (χ4n) is 6.41. The molecule has 3 N–H and O–H groups in total. The molecule has 0 fully saturated rings. The molecule has 0 aromatic heterocycles. The van der Waals surface area contributed by atoms with Crippen LogP contribution >= 0.6 is 7.82 Å². The van der Waals surface area contributed by atoms with Crippen molar-refractivity contribution in [2.24, 2.45) is 0 Å². The third-order valence-corrected chi connectivity index (χ3v) is 10.8. The van der Waals surface area contributed by atoms with Crippen molar-refractivity contribution in [3.05, 3.63) is 0 Å². The van der Waals surface area contributed by atoms with Gasteiger partial charge in [-0.15, -0.1) is 0 Å². The molecular formula is C42H83O10P. The minimum atomic E-state index is -4.62. The van der Waals surface area contributed by atoms with Crippen molar-refractivity contribution < 1.29 is 47.8 Å². The van der Waals surface area contributed by atoms with Gasteiger partial charge in [-0.25, -0.2) is 4.57 Å². The molecule has 0 aromatic rings. The summed E-state index contributed by atoms with van der Waals surface area (Å²) in [4.78, 5) is 34.2. The Morgan fingerprint density at radius 2 is 0.660 bits per heavy atom. The van der Waals surface area contributed by atoms with Crippen molar-refractivity contribution in [1.82, 2.24) is 0 Å². The number of carbonyl (C=O) groups excluding carboxylic acids is 2. The summed E-state index contributed by atoms with van der Waals surface area (Å²) >= 11 is 0. The predicted molar refractivity (Wildman–Crippen MR) is 215 cm³/mol. The number of phosphoric ester groups is 1. The first-order valence-electron chi connectivity index (χ1n) is 22.0. The van der Waals surface area contributed by atoms with E-state index in [1.54, 1.807) is 0 Å². The molecule has 10 nitrogen and oxygen atoms in total. The number of hydrogen-bond acceptors (Lipinski definition) is 9. The summed E-state index contributed by atoms with van der Waals surface area (Å²) in [5.74, 6) is -1.02. The number of carbonyl (C=O) groups is 2. The Kier molecular flexibility index (Phi) is 38.5. The molecule has 0 amide bonds. The molecule has 0 saturated carbocycles. The molecule has 0 saturated heterocycles. The minimum absolute atomic E-state index is 0.194. The highest BCUT2D eigenvalue weighted by Crippen LogP contribution is 2.43. The van der Waals surface area contributed by atoms with E-state index >= 15 is 0 Å². The van der Waals surface area contributed by atoms with Crippen molar-refractivity contribution in [2.75, 3.05) is 26.4 Å². The van der Waals surface area contributed by atoms with Gasteiger partial charge in [0.25, 0.3) is 0 Å². The maximum absolute atomic E-state index is 12.3. The van der Waals surface area contributed by atoms with E-state index in [2.05, 4.69) is 13.8 Å². The monoisotopic (exact) mass is 779 g/mol. The first kappa shape index (κ1) is 52.0. The summed E-state index contributed by atoms with van der Waals surface area (Å²) in [7, 11) is -4.62. The SMILES string of the molecule is CCCCCCCCCCCCCCCCCCCCCCCCCCC(=O)OC(CO)COP(=O)(O)OCC(CO)OC(=O)CCCCCCCC. The zero-order chi connectivity index (χ0) is 39.1. The summed E-state index contributed by atoms with van der Waals surface area (Å²) in [6.45, 7) is 2.16. The van der Waals surface area contributed by atoms with E-state index < -0.39 is 58.4 Å². The van der Waals surface area contributed by atoms with E-state index in [0.717, 1.165) is 44.9 Å². The van der Waals surface area contributed by atoms with E-state index in [-0.39, 0.29) is 12.8 Å². The molecule has 0 bridgehead atoms. The second-order valence-electron chi connectivity index (χ2n) is 15.0. The van der Waals surface area contributed by atoms with Crippen LogP contribution in [0.25, 0.3) is 0 Å². The van der Waals surface area contributed by atoms with Crippen LogP contribution in [0.15, 0.2) is 0 Å². The normalized spacial score (nSPS) is 13.8. The number of hydrogen-bond donors (Lipinski definition) is 3. The van der Waals surface area contributed by atoms with Gasteiger partial charge in [0.15, 0.2) is 0 Å². The fourth-order valence-corrected chi connectivity index (χ4v) is 7.19. The number of unbranched alkanes of at least 4 members (excludes halogenated alkanes) is 28. The maximum atomic E-state index is 12.3. The zero-order valence-corrected chi connectivity index (χ0v) is 35.2. The van der Waals surface area contributed by atoms with Gasteiger partial charge in [-0.05, 0) is 12.8 Å². The van der Waals surface area contributed by atoms with Gasteiger partial charge in [-0.2, -0.15) is 0 Å². The number of esters is 2. The third-order valence-electron chi connectivity index (χ3n) is 9.82. The van der Waals surface area contributed by atoms with Crippen LogP contribution in [0.2, 0.25) is 0 Å². The van der Waals surface area contributed by atoms with E-state index in [1.807, 2.05) is 0 Å². The van der Waals surface area contributed by atoms with Crippen LogP contribution in [-0.2, 0) is 32.7 Å². The lowest BCUT2D eigenvalue weighted by Gasteiger charge is -2.20. The Labute approximate surface area is 324 Å². The lowest BCUT2D eigenvalue weighted by Crippen LogP contribution is -2.28. The number of aliphatic hydroxyl groups is 2. The Morgan fingerprint density at radius 1 is 0.434 bits per heavy atom. The second-order valence-corrected chi connectivity index (χ2v) is 16.5. The highest BCUT2D eigenvalue weighted by molar-refractivity contribution is 7.47. The van der Waals surface area contributed by atoms with Crippen molar-refractivity contribution in [3.63, 3.8) is 0 Å². The standard InChI is InChI=1S/C42H83O10P/c1-3-5-7-9-11-12-13-14-15-16-17-18-19-20-21-22-23-24-25-26-27-28-30-32-34-42(46)52-40(36-44)38-50-53(47,48)49-37-39(35-43)51-41(45)33-31-29-10-8-6-4-2/h39-40,43-44H,3-38H2,1-2H3,(H,47,48). The molecule has 316 valence electrons. The van der Waals surface area contributed by atoms with Crippen LogP contribution in [-0.4, -0.2) is 65.7 Å². The van der Waals surface area contributed by atoms with E-state index in [0.29, 0.717) is 12.8 Å². The van der Waals surface area contributed by atoms with Gasteiger partial charge in [0.2, 0.25) is 0 Å². The van der Waals surface area contributed by atoms with Crippen molar-refractivity contribution in [3.8, 4) is 0 Å². The average molecular weight is 779 g/mol. The van der Waals surface area contributed by atoms with Crippen molar-refractivity contribution in [2.45, 2.75) is 232 Å². The molecule has 53 heavy (non-hydrogen) atoms. The molecule has 0 aromatic carbocycles. The van der Waals surface area contributed by atoms with E-state index in [4.69, 9.17) is 18.5 Å². The molecule has 0 rings (SSSR count). The lowest BCUT2D eigenvalue weighted by molar-refractivity contribution is -0.153. The second kappa shape index (κ2) is 39.2. The smallest absolute Gasteiger partial charge is 0.457 e. The largest absolute Gasteiger partial charge is 0.472 e. The van der Waals surface area contributed by atoms with Crippen LogP contribution < -0.4 is 0 Å². The van der Waals surface area contributed by atoms with Gasteiger partial charge >= 0.3 is 19.8 Å². The van der Waals surface area contributed by atoms with Gasteiger partial charge < -0.3 is 24.6 Å². The number of ether oxygens (including phenoxy) is 2. The summed E-state index contributed by atoms with van der Waals surface area (Å²) in [6, 6.07) is 0. The lowest BCUT2D eigenvalue weighted by atomic mass is 10.0. The van der Waals surface area contributed by atoms with Crippen molar-refractivity contribution >= 4 is 19.8 Å². The van der Waals surface area contributed by atoms with E-state index in [9.17, 15) is 29.3 Å². The van der Waals surface area contributed by atoms with Gasteiger partial charge in [0.05, 0.1) is 26.4 Å². The van der Waals surface area contributed by atoms with Crippen LogP contribution in [0.5, 0.6) is 0 Å². The Hall–Kier alpha value is -1.03. The van der Waals surface area contributed by atoms with Gasteiger partial charge in [0.1, 0.15) is 12.2 Å². The number of phosphoric acid groups is 1. The van der Waals surface area contributed by atoms with Crippen LogP contribution in [0.4, 0.5) is 0 Å². The Bertz CT molecular complexity index is 858. The molecule has 0 aliphatic heterocycles. The number of rotatable bonds is 42. The Morgan fingerprint density at radius 3 is 0.887 bits per heavy atom. The van der Waals surface area contributed by atoms with Crippen LogP contribution in [0.1, 0.15) is 219 Å². The van der Waals surface area contributed by atoms with Crippen molar-refractivity contribution in [1.29, 1.82) is 0 Å². The van der Waals surface area contributed by atoms with E-state index in [1.165, 1.54) is 135 Å². The summed E-state index contributed by atoms with van der Waals surface area (Å²) in [5, 5.41) is 19.0. The molecule has 0 spiro atoms. The van der Waals surface area contributed by atoms with Crippen LogP contribution in [0, 0.1) is 0 Å². The molecule has 3 atom stereocenters. The summed E-state index contributed by atoms with van der Waals surface area (Å²) < 4.78 is 32.4. The maximum Gasteiger partial charge on any atom is 0.472 e. The average Bonchev–Trinajstić information content (AvgIpc) is 3.14. The molecule has 0 heterocycles. The van der Waals surface area contributed by atoms with Gasteiger partial charge in [-0.1, -0.05) is 194 Å². The van der Waals surface area contributed by atoms with Gasteiger partial charge in [0, 0.05) is 12.8 Å². The molecule has 11 heteroatoms. The zero-order valence-electron chi connectivity index (χ0n) is 34.3. The highest BCUT2D eigenvalue weighted by atomic mass is 31.2. The topological polar surface area (TPSA) is 149 Å². The fraction of sp³-hybridized carbons (Fsp3) is 0.952. The molecule has 0 aliphatic rings. The first-order valence-corrected chi connectivity index (χ1v) is 23.5. The number of aliphatic hydroxyl groups excluding tert-OH is 2. The highest BCUT2D eigenvalue weighted by Gasteiger charge is 2.27. The molecule has 0 aliphatic carbocycles. The summed E-state index contributed by atoms with van der Waals surface area (Å²) in [6.07, 6.45) is 35.6. The molecular weight excluding hydrogens is 695 g/mol. The molecule has 3 unspecified atom stereocenters.